The minimum absolute atomic E-state index is 0.190. The third-order valence-electron chi connectivity index (χ3n) is 6.50. The number of fused-ring (bicyclic) bond motifs is 1. The van der Waals surface area contributed by atoms with Crippen molar-refractivity contribution in [1.29, 1.82) is 0 Å². The average molecular weight is 528 g/mol. The van der Waals surface area contributed by atoms with Crippen LogP contribution >= 0.6 is 11.6 Å². The number of H-pyrrole nitrogens is 1. The molecular formula is C29H30ClN7O. The molecule has 1 unspecified atom stereocenters. The summed E-state index contributed by atoms with van der Waals surface area (Å²) in [6.07, 6.45) is 3.58. The number of pyridine rings is 2. The Kier molecular flexibility index (Phi) is 7.10. The summed E-state index contributed by atoms with van der Waals surface area (Å²) in [5, 5.41) is 14.5. The van der Waals surface area contributed by atoms with Gasteiger partial charge < -0.3 is 4.98 Å². The Morgan fingerprint density at radius 2 is 1.87 bits per heavy atom. The minimum Gasteiger partial charge on any atom is -0.322 e. The molecule has 2 aromatic carbocycles. The van der Waals surface area contributed by atoms with E-state index in [1.165, 1.54) is 0 Å². The van der Waals surface area contributed by atoms with E-state index in [0.29, 0.717) is 29.5 Å². The van der Waals surface area contributed by atoms with Crippen LogP contribution < -0.4 is 5.56 Å². The van der Waals surface area contributed by atoms with Gasteiger partial charge in [0.1, 0.15) is 6.04 Å². The van der Waals surface area contributed by atoms with E-state index in [-0.39, 0.29) is 5.56 Å². The van der Waals surface area contributed by atoms with Gasteiger partial charge in [-0.05, 0) is 85.0 Å². The molecule has 8 nitrogen and oxygen atoms in total. The molecule has 194 valence electrons. The van der Waals surface area contributed by atoms with Crippen molar-refractivity contribution in [1.82, 2.24) is 35.1 Å². The summed E-state index contributed by atoms with van der Waals surface area (Å²) < 4.78 is 1.79. The van der Waals surface area contributed by atoms with Gasteiger partial charge in [0.25, 0.3) is 5.56 Å². The molecule has 0 saturated heterocycles. The van der Waals surface area contributed by atoms with Gasteiger partial charge in [-0.3, -0.25) is 14.7 Å². The van der Waals surface area contributed by atoms with Crippen LogP contribution in [-0.4, -0.2) is 35.1 Å². The summed E-state index contributed by atoms with van der Waals surface area (Å²) in [6, 6.07) is 19.0. The Labute approximate surface area is 226 Å². The third kappa shape index (κ3) is 5.37. The SMILES string of the molecule is Cc1ccc2[nH]c(=O)c(C(c3nnnn3C(C)(C)C)N(Cc3cccnc3)Cc3ccccc3Cl)cc2c1. The smallest absolute Gasteiger partial charge is 0.253 e. The zero-order chi connectivity index (χ0) is 26.9. The third-order valence-corrected chi connectivity index (χ3v) is 6.87. The molecule has 5 rings (SSSR count). The van der Waals surface area contributed by atoms with Crippen LogP contribution in [0.1, 0.15) is 54.9 Å². The molecule has 0 bridgehead atoms. The van der Waals surface area contributed by atoms with Crippen LogP contribution in [0.15, 0.2) is 77.9 Å². The highest BCUT2D eigenvalue weighted by molar-refractivity contribution is 6.31. The lowest BCUT2D eigenvalue weighted by atomic mass is 10.00. The zero-order valence-corrected chi connectivity index (χ0v) is 22.6. The van der Waals surface area contributed by atoms with Gasteiger partial charge in [-0.1, -0.05) is 47.5 Å². The molecule has 0 spiro atoms. The van der Waals surface area contributed by atoms with E-state index < -0.39 is 11.6 Å². The van der Waals surface area contributed by atoms with Crippen molar-refractivity contribution in [2.75, 3.05) is 0 Å². The molecule has 5 aromatic rings. The lowest BCUT2D eigenvalue weighted by Crippen LogP contribution is -2.37. The fourth-order valence-corrected chi connectivity index (χ4v) is 4.89. The van der Waals surface area contributed by atoms with Crippen LogP contribution in [-0.2, 0) is 18.6 Å². The molecular weight excluding hydrogens is 498 g/mol. The first kappa shape index (κ1) is 25.8. The quantitative estimate of drug-likeness (QED) is 0.304. The van der Waals surface area contributed by atoms with Crippen LogP contribution in [0.25, 0.3) is 10.9 Å². The summed E-state index contributed by atoms with van der Waals surface area (Å²) >= 11 is 6.63. The van der Waals surface area contributed by atoms with Gasteiger partial charge in [-0.15, -0.1) is 5.10 Å². The highest BCUT2D eigenvalue weighted by atomic mass is 35.5. The maximum atomic E-state index is 13.7. The lowest BCUT2D eigenvalue weighted by Gasteiger charge is -2.33. The average Bonchev–Trinajstić information content (AvgIpc) is 3.37. The normalized spacial score (nSPS) is 12.8. The number of aromatic amines is 1. The molecule has 1 N–H and O–H groups in total. The topological polar surface area (TPSA) is 92.6 Å². The molecule has 0 aliphatic heterocycles. The molecule has 0 amide bonds. The number of aromatic nitrogens is 6. The number of halogens is 1. The second-order valence-electron chi connectivity index (χ2n) is 10.5. The molecule has 0 aliphatic carbocycles. The van der Waals surface area contributed by atoms with Crippen LogP contribution in [0.5, 0.6) is 0 Å². The number of hydrogen-bond acceptors (Lipinski definition) is 6. The van der Waals surface area contributed by atoms with Crippen molar-refractivity contribution >= 4 is 22.5 Å². The maximum absolute atomic E-state index is 13.7. The first-order chi connectivity index (χ1) is 18.2. The van der Waals surface area contributed by atoms with Gasteiger partial charge in [0.2, 0.25) is 0 Å². The van der Waals surface area contributed by atoms with E-state index in [1.54, 1.807) is 10.9 Å². The van der Waals surface area contributed by atoms with Crippen molar-refractivity contribution in [2.45, 2.75) is 52.4 Å². The molecule has 1 atom stereocenters. The van der Waals surface area contributed by atoms with Gasteiger partial charge in [0.05, 0.1) is 5.54 Å². The van der Waals surface area contributed by atoms with Gasteiger partial charge >= 0.3 is 0 Å². The predicted molar refractivity (Wildman–Crippen MR) is 149 cm³/mol. The van der Waals surface area contributed by atoms with Gasteiger partial charge in [0, 0.05) is 41.6 Å². The number of nitrogens with one attached hydrogen (secondary N) is 1. The van der Waals surface area contributed by atoms with Gasteiger partial charge in [0.15, 0.2) is 5.82 Å². The summed E-state index contributed by atoms with van der Waals surface area (Å²) in [7, 11) is 0. The summed E-state index contributed by atoms with van der Waals surface area (Å²) in [6.45, 7) is 9.10. The predicted octanol–water partition coefficient (Wildman–Crippen LogP) is 5.42. The molecule has 3 aromatic heterocycles. The number of rotatable bonds is 7. The summed E-state index contributed by atoms with van der Waals surface area (Å²) in [5.41, 5.74) is 3.77. The first-order valence-electron chi connectivity index (χ1n) is 12.5. The largest absolute Gasteiger partial charge is 0.322 e. The van der Waals surface area contributed by atoms with Crippen LogP contribution in [0.3, 0.4) is 0 Å². The van der Waals surface area contributed by atoms with E-state index in [1.807, 2.05) is 88.5 Å². The molecule has 0 saturated carbocycles. The van der Waals surface area contributed by atoms with Gasteiger partial charge in [-0.2, -0.15) is 0 Å². The molecule has 9 heteroatoms. The van der Waals surface area contributed by atoms with Crippen molar-refractivity contribution in [3.8, 4) is 0 Å². The number of aryl methyl sites for hydroxylation is 1. The zero-order valence-electron chi connectivity index (χ0n) is 21.9. The highest BCUT2D eigenvalue weighted by Gasteiger charge is 2.34. The number of tetrazole rings is 1. The lowest BCUT2D eigenvalue weighted by molar-refractivity contribution is 0.184. The second kappa shape index (κ2) is 10.5. The molecule has 3 heterocycles. The van der Waals surface area contributed by atoms with Crippen LogP contribution in [0, 0.1) is 6.92 Å². The molecule has 0 fully saturated rings. The van der Waals surface area contributed by atoms with Crippen molar-refractivity contribution in [3.63, 3.8) is 0 Å². The standard InChI is InChI=1S/C29H30ClN7O/c1-19-11-12-25-22(14-19)15-23(28(38)32-25)26(27-33-34-35-37(27)29(2,3)4)36(17-20-8-7-13-31-16-20)18-21-9-5-6-10-24(21)30/h5-16,26H,17-18H2,1-4H3,(H,32,38). The summed E-state index contributed by atoms with van der Waals surface area (Å²) in [4.78, 5) is 23.3. The fraction of sp³-hybridized carbons (Fsp3) is 0.276. The summed E-state index contributed by atoms with van der Waals surface area (Å²) in [5.74, 6) is 0.575. The number of nitrogens with zero attached hydrogens (tertiary/aromatic N) is 6. The number of hydrogen-bond donors (Lipinski definition) is 1. The Bertz CT molecular complexity index is 1620. The maximum Gasteiger partial charge on any atom is 0.253 e. The van der Waals surface area contributed by atoms with Crippen LogP contribution in [0.4, 0.5) is 0 Å². The number of benzene rings is 2. The van der Waals surface area contributed by atoms with E-state index in [2.05, 4.69) is 36.5 Å². The van der Waals surface area contributed by atoms with Crippen molar-refractivity contribution in [2.24, 2.45) is 0 Å². The monoisotopic (exact) mass is 527 g/mol. The van der Waals surface area contributed by atoms with Crippen molar-refractivity contribution < 1.29 is 0 Å². The highest BCUT2D eigenvalue weighted by Crippen LogP contribution is 2.33. The molecule has 0 aliphatic rings. The second-order valence-corrected chi connectivity index (χ2v) is 10.9. The van der Waals surface area contributed by atoms with Gasteiger partial charge in [-0.25, -0.2) is 4.68 Å². The minimum atomic E-state index is -0.575. The Morgan fingerprint density at radius 3 is 2.61 bits per heavy atom. The van der Waals surface area contributed by atoms with E-state index in [9.17, 15) is 4.79 Å². The molecule has 0 radical (unpaired) electrons. The molecule has 38 heavy (non-hydrogen) atoms. The van der Waals surface area contributed by atoms with E-state index >= 15 is 0 Å². The Morgan fingerprint density at radius 1 is 1.05 bits per heavy atom. The Hall–Kier alpha value is -3.88. The first-order valence-corrected chi connectivity index (χ1v) is 12.9. The Balaban J connectivity index is 1.75. The van der Waals surface area contributed by atoms with Crippen LogP contribution in [0.2, 0.25) is 5.02 Å². The van der Waals surface area contributed by atoms with E-state index in [0.717, 1.165) is 27.6 Å². The van der Waals surface area contributed by atoms with Crippen molar-refractivity contribution in [3.05, 3.63) is 117 Å². The van der Waals surface area contributed by atoms with E-state index in [4.69, 9.17) is 11.6 Å². The fourth-order valence-electron chi connectivity index (χ4n) is 4.70.